The fourth-order valence-electron chi connectivity index (χ4n) is 2.41. The highest BCUT2D eigenvalue weighted by Crippen LogP contribution is 2.24. The predicted octanol–water partition coefficient (Wildman–Crippen LogP) is 0.178. The molecule has 1 saturated carbocycles. The number of piperazine rings is 1. The molecule has 1 heterocycles. The third-order valence-corrected chi connectivity index (χ3v) is 3.34. The van der Waals surface area contributed by atoms with Crippen LogP contribution in [0.25, 0.3) is 0 Å². The highest BCUT2D eigenvalue weighted by molar-refractivity contribution is 5.82. The fourth-order valence-corrected chi connectivity index (χ4v) is 2.41. The second kappa shape index (κ2) is 4.75. The first kappa shape index (κ1) is 10.6. The number of carbonyl (C=O) groups is 2. The summed E-state index contributed by atoms with van der Waals surface area (Å²) in [5, 5.41) is 2.80. The Balaban J connectivity index is 1.72. The maximum atomic E-state index is 11.4. The van der Waals surface area contributed by atoms with Crippen molar-refractivity contribution in [2.24, 2.45) is 5.92 Å². The van der Waals surface area contributed by atoms with Gasteiger partial charge in [0.1, 0.15) is 5.78 Å². The predicted molar refractivity (Wildman–Crippen MR) is 56.4 cm³/mol. The van der Waals surface area contributed by atoms with Gasteiger partial charge in [0, 0.05) is 25.4 Å². The van der Waals surface area contributed by atoms with E-state index in [1.54, 1.807) is 0 Å². The van der Waals surface area contributed by atoms with E-state index < -0.39 is 0 Å². The number of amides is 1. The van der Waals surface area contributed by atoms with Gasteiger partial charge < -0.3 is 5.32 Å². The lowest BCUT2D eigenvalue weighted by Gasteiger charge is -2.27. The summed E-state index contributed by atoms with van der Waals surface area (Å²) >= 11 is 0. The van der Waals surface area contributed by atoms with Crippen molar-refractivity contribution in [1.29, 1.82) is 0 Å². The Kier molecular flexibility index (Phi) is 3.36. The largest absolute Gasteiger partial charge is 0.354 e. The van der Waals surface area contributed by atoms with E-state index >= 15 is 0 Å². The number of Topliss-reactive ketones (excluding diaryl/α,β-unsaturated/α-hetero) is 1. The highest BCUT2D eigenvalue weighted by atomic mass is 16.2. The minimum Gasteiger partial charge on any atom is -0.354 e. The molecule has 2 aliphatic rings. The van der Waals surface area contributed by atoms with Crippen LogP contribution in [0.15, 0.2) is 0 Å². The summed E-state index contributed by atoms with van der Waals surface area (Å²) in [7, 11) is 0. The minimum atomic E-state index is 0.110. The van der Waals surface area contributed by atoms with Crippen LogP contribution in [0.4, 0.5) is 0 Å². The van der Waals surface area contributed by atoms with Crippen LogP contribution in [-0.4, -0.2) is 42.8 Å². The smallest absolute Gasteiger partial charge is 0.234 e. The average Bonchev–Trinajstić information content (AvgIpc) is 2.61. The topological polar surface area (TPSA) is 49.4 Å². The molecule has 2 rings (SSSR count). The van der Waals surface area contributed by atoms with Crippen LogP contribution in [0.1, 0.15) is 25.7 Å². The standard InChI is InChI=1S/C11H18N2O2/c14-10-3-1-2-9(10)4-6-13-7-5-12-11(15)8-13/h9H,1-8H2,(H,12,15). The first-order valence-electron chi connectivity index (χ1n) is 5.77. The zero-order chi connectivity index (χ0) is 10.7. The highest BCUT2D eigenvalue weighted by Gasteiger charge is 2.25. The quantitative estimate of drug-likeness (QED) is 0.723. The Morgan fingerprint density at radius 1 is 1.40 bits per heavy atom. The van der Waals surface area contributed by atoms with E-state index in [1.807, 2.05) is 0 Å². The van der Waals surface area contributed by atoms with E-state index in [1.165, 1.54) is 0 Å². The first-order valence-corrected chi connectivity index (χ1v) is 5.77. The maximum Gasteiger partial charge on any atom is 0.234 e. The Hall–Kier alpha value is -0.900. The molecule has 84 valence electrons. The third kappa shape index (κ3) is 2.78. The molecule has 0 radical (unpaired) electrons. The van der Waals surface area contributed by atoms with Gasteiger partial charge in [-0.25, -0.2) is 0 Å². The van der Waals surface area contributed by atoms with Crippen molar-refractivity contribution in [3.63, 3.8) is 0 Å². The molecule has 0 spiro atoms. The van der Waals surface area contributed by atoms with Gasteiger partial charge in [-0.1, -0.05) is 0 Å². The van der Waals surface area contributed by atoms with Crippen molar-refractivity contribution in [3.05, 3.63) is 0 Å². The number of rotatable bonds is 3. The molecule has 1 aliphatic carbocycles. The van der Waals surface area contributed by atoms with Gasteiger partial charge in [0.25, 0.3) is 0 Å². The van der Waals surface area contributed by atoms with E-state index in [0.29, 0.717) is 12.3 Å². The molecule has 0 aromatic heterocycles. The normalized spacial score (nSPS) is 28.1. The second-order valence-electron chi connectivity index (χ2n) is 4.47. The van der Waals surface area contributed by atoms with Gasteiger partial charge in [-0.05, 0) is 25.8 Å². The SMILES string of the molecule is O=C1CN(CCC2CCCC2=O)CCN1. The zero-order valence-corrected chi connectivity index (χ0v) is 9.00. The number of carbonyl (C=O) groups excluding carboxylic acids is 2. The molecule has 2 fully saturated rings. The minimum absolute atomic E-state index is 0.110. The van der Waals surface area contributed by atoms with Crippen LogP contribution in [0, 0.1) is 5.92 Å². The van der Waals surface area contributed by atoms with Crippen LogP contribution in [0.2, 0.25) is 0 Å². The molecule has 1 atom stereocenters. The van der Waals surface area contributed by atoms with Gasteiger partial charge in [-0.15, -0.1) is 0 Å². The number of nitrogens with one attached hydrogen (secondary N) is 1. The second-order valence-corrected chi connectivity index (χ2v) is 4.47. The third-order valence-electron chi connectivity index (χ3n) is 3.34. The lowest BCUT2D eigenvalue weighted by atomic mass is 10.0. The number of nitrogens with zero attached hydrogens (tertiary/aromatic N) is 1. The van der Waals surface area contributed by atoms with E-state index in [-0.39, 0.29) is 11.8 Å². The molecule has 1 amide bonds. The van der Waals surface area contributed by atoms with Crippen molar-refractivity contribution < 1.29 is 9.59 Å². The summed E-state index contributed by atoms with van der Waals surface area (Å²) in [4.78, 5) is 24.7. The van der Waals surface area contributed by atoms with Gasteiger partial charge in [0.2, 0.25) is 5.91 Å². The molecular weight excluding hydrogens is 192 g/mol. The summed E-state index contributed by atoms with van der Waals surface area (Å²) in [6.45, 7) is 3.06. The zero-order valence-electron chi connectivity index (χ0n) is 9.00. The van der Waals surface area contributed by atoms with Crippen molar-refractivity contribution >= 4 is 11.7 Å². The van der Waals surface area contributed by atoms with E-state index in [2.05, 4.69) is 10.2 Å². The Morgan fingerprint density at radius 3 is 2.93 bits per heavy atom. The van der Waals surface area contributed by atoms with Crippen LogP contribution in [-0.2, 0) is 9.59 Å². The average molecular weight is 210 g/mol. The molecule has 0 aromatic rings. The molecule has 0 aromatic carbocycles. The van der Waals surface area contributed by atoms with Gasteiger partial charge in [0.05, 0.1) is 6.54 Å². The molecule has 1 aliphatic heterocycles. The lowest BCUT2D eigenvalue weighted by Crippen LogP contribution is -2.48. The van der Waals surface area contributed by atoms with Crippen molar-refractivity contribution in [3.8, 4) is 0 Å². The van der Waals surface area contributed by atoms with Crippen LogP contribution >= 0.6 is 0 Å². The molecule has 4 heteroatoms. The molecule has 4 nitrogen and oxygen atoms in total. The van der Waals surface area contributed by atoms with Crippen molar-refractivity contribution in [1.82, 2.24) is 10.2 Å². The van der Waals surface area contributed by atoms with Crippen LogP contribution in [0.3, 0.4) is 0 Å². The summed E-state index contributed by atoms with van der Waals surface area (Å²) in [6.07, 6.45) is 3.82. The molecule has 1 saturated heterocycles. The number of hydrogen-bond acceptors (Lipinski definition) is 3. The van der Waals surface area contributed by atoms with Crippen molar-refractivity contribution in [2.45, 2.75) is 25.7 Å². The first-order chi connectivity index (χ1) is 7.25. The van der Waals surface area contributed by atoms with E-state index in [4.69, 9.17) is 0 Å². The van der Waals surface area contributed by atoms with Gasteiger partial charge in [0.15, 0.2) is 0 Å². The Bertz CT molecular complexity index is 265. The summed E-state index contributed by atoms with van der Waals surface area (Å²) in [5.41, 5.74) is 0. The number of hydrogen-bond donors (Lipinski definition) is 1. The lowest BCUT2D eigenvalue weighted by molar-refractivity contribution is -0.124. The molecule has 0 bridgehead atoms. The monoisotopic (exact) mass is 210 g/mol. The van der Waals surface area contributed by atoms with Crippen LogP contribution in [0.5, 0.6) is 0 Å². The summed E-state index contributed by atoms with van der Waals surface area (Å²) < 4.78 is 0. The Morgan fingerprint density at radius 2 is 2.27 bits per heavy atom. The van der Waals surface area contributed by atoms with Gasteiger partial charge in [-0.2, -0.15) is 0 Å². The molecule has 1 unspecified atom stereocenters. The van der Waals surface area contributed by atoms with E-state index in [0.717, 1.165) is 45.3 Å². The molecular formula is C11H18N2O2. The van der Waals surface area contributed by atoms with Crippen LogP contribution < -0.4 is 5.32 Å². The van der Waals surface area contributed by atoms with Crippen molar-refractivity contribution in [2.75, 3.05) is 26.2 Å². The molecule has 15 heavy (non-hydrogen) atoms. The van der Waals surface area contributed by atoms with E-state index in [9.17, 15) is 9.59 Å². The van der Waals surface area contributed by atoms with Gasteiger partial charge >= 0.3 is 0 Å². The fraction of sp³-hybridized carbons (Fsp3) is 0.818. The summed E-state index contributed by atoms with van der Waals surface area (Å²) in [5.74, 6) is 0.811. The van der Waals surface area contributed by atoms with Gasteiger partial charge in [-0.3, -0.25) is 14.5 Å². The maximum absolute atomic E-state index is 11.4. The summed E-state index contributed by atoms with van der Waals surface area (Å²) in [6, 6.07) is 0. The molecule has 1 N–H and O–H groups in total. The number of ketones is 1. The Labute approximate surface area is 90.0 Å².